The summed E-state index contributed by atoms with van der Waals surface area (Å²) in [7, 11) is 0. The van der Waals surface area contributed by atoms with Gasteiger partial charge in [-0.25, -0.2) is 4.39 Å². The SMILES string of the molecule is Cc1cc(Br)c(F)cc1CNC(C)C. The van der Waals surface area contributed by atoms with Gasteiger partial charge in [0.25, 0.3) is 0 Å². The molecule has 0 amide bonds. The monoisotopic (exact) mass is 259 g/mol. The van der Waals surface area contributed by atoms with E-state index < -0.39 is 0 Å². The highest BCUT2D eigenvalue weighted by molar-refractivity contribution is 9.10. The summed E-state index contributed by atoms with van der Waals surface area (Å²) in [5.74, 6) is -0.198. The molecule has 1 aromatic carbocycles. The van der Waals surface area contributed by atoms with Crippen LogP contribution in [0.4, 0.5) is 4.39 Å². The second-order valence-corrected chi connectivity index (χ2v) is 4.58. The number of nitrogens with one attached hydrogen (secondary N) is 1. The summed E-state index contributed by atoms with van der Waals surface area (Å²) >= 11 is 3.16. The number of hydrogen-bond acceptors (Lipinski definition) is 1. The van der Waals surface area contributed by atoms with Gasteiger partial charge in [-0.2, -0.15) is 0 Å². The van der Waals surface area contributed by atoms with Crippen LogP contribution in [0.25, 0.3) is 0 Å². The van der Waals surface area contributed by atoms with Crippen LogP contribution in [0.5, 0.6) is 0 Å². The van der Waals surface area contributed by atoms with Crippen molar-refractivity contribution in [1.82, 2.24) is 5.32 Å². The van der Waals surface area contributed by atoms with Crippen molar-refractivity contribution in [3.05, 3.63) is 33.5 Å². The van der Waals surface area contributed by atoms with Crippen molar-refractivity contribution in [3.8, 4) is 0 Å². The summed E-state index contributed by atoms with van der Waals surface area (Å²) in [4.78, 5) is 0. The maximum absolute atomic E-state index is 13.2. The van der Waals surface area contributed by atoms with Gasteiger partial charge in [0.1, 0.15) is 5.82 Å². The van der Waals surface area contributed by atoms with Crippen LogP contribution in [0.3, 0.4) is 0 Å². The smallest absolute Gasteiger partial charge is 0.137 e. The Kier molecular flexibility index (Phi) is 4.08. The normalized spacial score (nSPS) is 11.0. The summed E-state index contributed by atoms with van der Waals surface area (Å²) in [5, 5.41) is 3.27. The molecule has 0 aliphatic heterocycles. The summed E-state index contributed by atoms with van der Waals surface area (Å²) in [6.45, 7) is 6.85. The van der Waals surface area contributed by atoms with Crippen LogP contribution < -0.4 is 5.32 Å². The fourth-order valence-corrected chi connectivity index (χ4v) is 1.65. The molecule has 14 heavy (non-hydrogen) atoms. The van der Waals surface area contributed by atoms with Crippen molar-refractivity contribution in [2.75, 3.05) is 0 Å². The number of benzene rings is 1. The third kappa shape index (κ3) is 3.07. The lowest BCUT2D eigenvalue weighted by atomic mass is 10.1. The molecule has 0 bridgehead atoms. The Hall–Kier alpha value is -0.410. The molecule has 1 rings (SSSR count). The lowest BCUT2D eigenvalue weighted by molar-refractivity contribution is 0.578. The number of hydrogen-bond donors (Lipinski definition) is 1. The van der Waals surface area contributed by atoms with Gasteiger partial charge in [0, 0.05) is 12.6 Å². The number of rotatable bonds is 3. The van der Waals surface area contributed by atoms with Gasteiger partial charge in [0.2, 0.25) is 0 Å². The first-order chi connectivity index (χ1) is 6.50. The van der Waals surface area contributed by atoms with E-state index in [1.54, 1.807) is 6.07 Å². The Morgan fingerprint density at radius 3 is 2.64 bits per heavy atom. The minimum Gasteiger partial charge on any atom is -0.310 e. The Balaban J connectivity index is 2.82. The molecule has 0 aliphatic carbocycles. The predicted octanol–water partition coefficient (Wildman–Crippen LogP) is 3.39. The Bertz CT molecular complexity index is 323. The van der Waals surface area contributed by atoms with Crippen LogP contribution in [0, 0.1) is 12.7 Å². The molecule has 3 heteroatoms. The fraction of sp³-hybridized carbons (Fsp3) is 0.455. The minimum absolute atomic E-state index is 0.198. The highest BCUT2D eigenvalue weighted by Gasteiger charge is 2.05. The molecule has 0 aliphatic rings. The first-order valence-corrected chi connectivity index (χ1v) is 5.48. The van der Waals surface area contributed by atoms with Crippen molar-refractivity contribution in [1.29, 1.82) is 0 Å². The lowest BCUT2D eigenvalue weighted by Gasteiger charge is -2.11. The molecule has 78 valence electrons. The van der Waals surface area contributed by atoms with E-state index in [1.165, 1.54) is 0 Å². The molecular weight excluding hydrogens is 245 g/mol. The van der Waals surface area contributed by atoms with E-state index in [2.05, 4.69) is 35.1 Å². The van der Waals surface area contributed by atoms with Gasteiger partial charge in [-0.1, -0.05) is 13.8 Å². The summed E-state index contributed by atoms with van der Waals surface area (Å²) in [6, 6.07) is 3.81. The van der Waals surface area contributed by atoms with Crippen molar-refractivity contribution in [2.45, 2.75) is 33.4 Å². The molecule has 0 aromatic heterocycles. The summed E-state index contributed by atoms with van der Waals surface area (Å²) < 4.78 is 13.7. The summed E-state index contributed by atoms with van der Waals surface area (Å²) in [6.07, 6.45) is 0. The van der Waals surface area contributed by atoms with Crippen LogP contribution in [-0.2, 0) is 6.54 Å². The van der Waals surface area contributed by atoms with Gasteiger partial charge in [-0.3, -0.25) is 0 Å². The zero-order valence-corrected chi connectivity index (χ0v) is 10.3. The van der Waals surface area contributed by atoms with E-state index in [-0.39, 0.29) is 5.82 Å². The summed E-state index contributed by atoms with van der Waals surface area (Å²) in [5.41, 5.74) is 2.12. The Morgan fingerprint density at radius 1 is 1.43 bits per heavy atom. The van der Waals surface area contributed by atoms with Gasteiger partial charge >= 0.3 is 0 Å². The molecule has 0 fully saturated rings. The van der Waals surface area contributed by atoms with Crippen molar-refractivity contribution in [2.24, 2.45) is 0 Å². The standard InChI is InChI=1S/C11H15BrFN/c1-7(2)14-6-9-5-11(13)10(12)4-8(9)3/h4-5,7,14H,6H2,1-3H3. The molecule has 0 unspecified atom stereocenters. The van der Waals surface area contributed by atoms with Gasteiger partial charge in [0.05, 0.1) is 4.47 Å². The highest BCUT2D eigenvalue weighted by atomic mass is 79.9. The molecule has 0 heterocycles. The Morgan fingerprint density at radius 2 is 2.07 bits per heavy atom. The van der Waals surface area contributed by atoms with Crippen LogP contribution in [0.15, 0.2) is 16.6 Å². The first kappa shape index (κ1) is 11.7. The van der Waals surface area contributed by atoms with Crippen LogP contribution in [-0.4, -0.2) is 6.04 Å². The highest BCUT2D eigenvalue weighted by Crippen LogP contribution is 2.20. The predicted molar refractivity (Wildman–Crippen MR) is 60.8 cm³/mol. The number of halogens is 2. The van der Waals surface area contributed by atoms with Crippen LogP contribution >= 0.6 is 15.9 Å². The third-order valence-corrected chi connectivity index (χ3v) is 2.69. The van der Waals surface area contributed by atoms with E-state index in [1.807, 2.05) is 13.0 Å². The molecule has 0 atom stereocenters. The molecule has 0 radical (unpaired) electrons. The number of aryl methyl sites for hydroxylation is 1. The molecule has 1 nitrogen and oxygen atoms in total. The zero-order chi connectivity index (χ0) is 10.7. The van der Waals surface area contributed by atoms with Gasteiger partial charge in [-0.15, -0.1) is 0 Å². The molecule has 1 N–H and O–H groups in total. The topological polar surface area (TPSA) is 12.0 Å². The zero-order valence-electron chi connectivity index (χ0n) is 8.70. The molecular formula is C11H15BrFN. The van der Waals surface area contributed by atoms with Crippen LogP contribution in [0.1, 0.15) is 25.0 Å². The van der Waals surface area contributed by atoms with E-state index in [0.29, 0.717) is 17.1 Å². The fourth-order valence-electron chi connectivity index (χ4n) is 1.19. The Labute approximate surface area is 92.8 Å². The van der Waals surface area contributed by atoms with Crippen molar-refractivity contribution in [3.63, 3.8) is 0 Å². The van der Waals surface area contributed by atoms with Crippen molar-refractivity contribution < 1.29 is 4.39 Å². The van der Waals surface area contributed by atoms with Gasteiger partial charge in [-0.05, 0) is 46.1 Å². The molecule has 0 saturated heterocycles. The van der Waals surface area contributed by atoms with E-state index in [0.717, 1.165) is 11.1 Å². The average Bonchev–Trinajstić information content (AvgIpc) is 2.09. The molecule has 0 saturated carbocycles. The maximum atomic E-state index is 13.2. The largest absolute Gasteiger partial charge is 0.310 e. The second kappa shape index (κ2) is 4.89. The maximum Gasteiger partial charge on any atom is 0.137 e. The second-order valence-electron chi connectivity index (χ2n) is 3.73. The average molecular weight is 260 g/mol. The molecule has 0 spiro atoms. The quantitative estimate of drug-likeness (QED) is 0.878. The van der Waals surface area contributed by atoms with E-state index in [4.69, 9.17) is 0 Å². The van der Waals surface area contributed by atoms with Crippen molar-refractivity contribution >= 4 is 15.9 Å². The van der Waals surface area contributed by atoms with E-state index >= 15 is 0 Å². The lowest BCUT2D eigenvalue weighted by Crippen LogP contribution is -2.22. The van der Waals surface area contributed by atoms with Crippen LogP contribution in [0.2, 0.25) is 0 Å². The van der Waals surface area contributed by atoms with Gasteiger partial charge in [0.15, 0.2) is 0 Å². The third-order valence-electron chi connectivity index (χ3n) is 2.08. The first-order valence-electron chi connectivity index (χ1n) is 4.68. The van der Waals surface area contributed by atoms with E-state index in [9.17, 15) is 4.39 Å². The molecule has 1 aromatic rings. The van der Waals surface area contributed by atoms with Gasteiger partial charge < -0.3 is 5.32 Å². The minimum atomic E-state index is -0.198.